The van der Waals surface area contributed by atoms with Crippen LogP contribution in [-0.4, -0.2) is 25.3 Å². The topological polar surface area (TPSA) is 79.3 Å². The van der Waals surface area contributed by atoms with Crippen molar-refractivity contribution >= 4 is 11.8 Å². The first-order chi connectivity index (χ1) is 8.19. The van der Waals surface area contributed by atoms with Crippen LogP contribution < -0.4 is 10.6 Å². The minimum absolute atomic E-state index is 0.154. The third kappa shape index (κ3) is 2.67. The molecule has 5 heteroatoms. The van der Waals surface area contributed by atoms with E-state index in [0.29, 0.717) is 12.1 Å². The molecule has 0 radical (unpaired) electrons. The first-order valence-electron chi connectivity index (χ1n) is 5.40. The zero-order valence-electron chi connectivity index (χ0n) is 9.30. The number of ether oxygens (including phenoxy) is 1. The van der Waals surface area contributed by atoms with Crippen LogP contribution in [0.25, 0.3) is 0 Å². The largest absolute Gasteiger partial charge is 0.444 e. The van der Waals surface area contributed by atoms with Gasteiger partial charge in [-0.05, 0) is 18.2 Å². The highest BCUT2D eigenvalue weighted by molar-refractivity contribution is 5.65. The van der Waals surface area contributed by atoms with Crippen LogP contribution in [0.2, 0.25) is 0 Å². The fourth-order valence-electron chi connectivity index (χ4n) is 2.00. The summed E-state index contributed by atoms with van der Waals surface area (Å²) in [6.07, 6.45) is -0.124. The second-order valence-electron chi connectivity index (χ2n) is 3.96. The number of carbonyl (C=O) groups is 1. The summed E-state index contributed by atoms with van der Waals surface area (Å²) in [5.74, 6) is 0. The second kappa shape index (κ2) is 4.74. The maximum absolute atomic E-state index is 10.6. The number of anilines is 1. The standard InChI is InChI=1S/C12H13N3O2/c13-7-9-2-1-3-10(6-9)15-5-4-11(8-15)17-12(14)16/h1-3,6,11H,4-5,8H2,(H2,14,16)/t11-/m1/s1. The molecule has 1 heterocycles. The third-order valence-corrected chi connectivity index (χ3v) is 2.77. The van der Waals surface area contributed by atoms with Crippen LogP contribution in [0, 0.1) is 11.3 Å². The highest BCUT2D eigenvalue weighted by Crippen LogP contribution is 2.22. The van der Waals surface area contributed by atoms with Gasteiger partial charge in [0.2, 0.25) is 0 Å². The summed E-state index contributed by atoms with van der Waals surface area (Å²) in [7, 11) is 0. The molecule has 0 saturated carbocycles. The second-order valence-corrected chi connectivity index (χ2v) is 3.96. The number of hydrogen-bond donors (Lipinski definition) is 1. The molecule has 1 atom stereocenters. The minimum atomic E-state index is -0.734. The van der Waals surface area contributed by atoms with Crippen molar-refractivity contribution in [2.45, 2.75) is 12.5 Å². The molecule has 88 valence electrons. The molecule has 1 amide bonds. The smallest absolute Gasteiger partial charge is 0.404 e. The van der Waals surface area contributed by atoms with Gasteiger partial charge in [-0.1, -0.05) is 6.07 Å². The highest BCUT2D eigenvalue weighted by atomic mass is 16.6. The number of nitriles is 1. The van der Waals surface area contributed by atoms with Gasteiger partial charge in [0.25, 0.3) is 0 Å². The Bertz CT molecular complexity index is 467. The van der Waals surface area contributed by atoms with Crippen LogP contribution >= 0.6 is 0 Å². The van der Waals surface area contributed by atoms with E-state index in [9.17, 15) is 4.79 Å². The Kier molecular flexibility index (Phi) is 3.15. The Balaban J connectivity index is 2.05. The molecule has 2 rings (SSSR count). The molecule has 0 spiro atoms. The SMILES string of the molecule is N#Cc1cccc(N2CC[C@@H](OC(N)=O)C2)c1. The Morgan fingerprint density at radius 1 is 1.59 bits per heavy atom. The maximum Gasteiger partial charge on any atom is 0.404 e. The molecule has 5 nitrogen and oxygen atoms in total. The van der Waals surface area contributed by atoms with Crippen molar-refractivity contribution < 1.29 is 9.53 Å². The molecule has 0 aliphatic carbocycles. The Morgan fingerprint density at radius 2 is 2.41 bits per heavy atom. The van der Waals surface area contributed by atoms with Gasteiger partial charge in [-0.2, -0.15) is 5.26 Å². The van der Waals surface area contributed by atoms with E-state index < -0.39 is 6.09 Å². The van der Waals surface area contributed by atoms with Gasteiger partial charge in [0.15, 0.2) is 0 Å². The summed E-state index contributed by atoms with van der Waals surface area (Å²) in [6.45, 7) is 1.42. The van der Waals surface area contributed by atoms with Crippen LogP contribution in [0.1, 0.15) is 12.0 Å². The first-order valence-corrected chi connectivity index (χ1v) is 5.40. The number of rotatable bonds is 2. The molecule has 1 fully saturated rings. The van der Waals surface area contributed by atoms with E-state index in [-0.39, 0.29) is 6.10 Å². The van der Waals surface area contributed by atoms with E-state index in [4.69, 9.17) is 15.7 Å². The number of hydrogen-bond acceptors (Lipinski definition) is 4. The predicted octanol–water partition coefficient (Wildman–Crippen LogP) is 1.23. The molecule has 0 aromatic heterocycles. The van der Waals surface area contributed by atoms with E-state index >= 15 is 0 Å². The number of nitrogens with zero attached hydrogens (tertiary/aromatic N) is 2. The zero-order chi connectivity index (χ0) is 12.3. The van der Waals surface area contributed by atoms with Crippen molar-refractivity contribution in [2.24, 2.45) is 5.73 Å². The number of primary amides is 1. The molecular weight excluding hydrogens is 218 g/mol. The fourth-order valence-corrected chi connectivity index (χ4v) is 2.00. The molecule has 2 N–H and O–H groups in total. The van der Waals surface area contributed by atoms with Gasteiger partial charge in [0.05, 0.1) is 18.2 Å². The molecule has 1 aromatic carbocycles. The lowest BCUT2D eigenvalue weighted by atomic mass is 10.2. The Morgan fingerprint density at radius 3 is 3.12 bits per heavy atom. The van der Waals surface area contributed by atoms with E-state index in [1.165, 1.54) is 0 Å². The summed E-state index contributed by atoms with van der Waals surface area (Å²) in [5.41, 5.74) is 6.58. The van der Waals surface area contributed by atoms with Crippen LogP contribution in [0.4, 0.5) is 10.5 Å². The van der Waals surface area contributed by atoms with Gasteiger partial charge >= 0.3 is 6.09 Å². The van der Waals surface area contributed by atoms with Gasteiger partial charge in [-0.25, -0.2) is 4.79 Å². The Hall–Kier alpha value is -2.22. The minimum Gasteiger partial charge on any atom is -0.444 e. The fraction of sp³-hybridized carbons (Fsp3) is 0.333. The molecule has 1 saturated heterocycles. The van der Waals surface area contributed by atoms with Crippen LogP contribution in [0.5, 0.6) is 0 Å². The lowest BCUT2D eigenvalue weighted by Crippen LogP contribution is -2.26. The normalized spacial score (nSPS) is 18.8. The van der Waals surface area contributed by atoms with Crippen LogP contribution in [0.3, 0.4) is 0 Å². The monoisotopic (exact) mass is 231 g/mol. The van der Waals surface area contributed by atoms with Crippen molar-refractivity contribution in [3.8, 4) is 6.07 Å². The number of amides is 1. The summed E-state index contributed by atoms with van der Waals surface area (Å²) >= 11 is 0. The van der Waals surface area contributed by atoms with Crippen molar-refractivity contribution in [1.29, 1.82) is 5.26 Å². The average Bonchev–Trinajstić information content (AvgIpc) is 2.77. The number of carbonyl (C=O) groups excluding carboxylic acids is 1. The van der Waals surface area contributed by atoms with Crippen LogP contribution in [0.15, 0.2) is 24.3 Å². The quantitative estimate of drug-likeness (QED) is 0.830. The summed E-state index contributed by atoms with van der Waals surface area (Å²) in [6, 6.07) is 9.47. The lowest BCUT2D eigenvalue weighted by molar-refractivity contribution is 0.117. The van der Waals surface area contributed by atoms with E-state index in [1.807, 2.05) is 18.2 Å². The molecule has 1 aliphatic rings. The molecule has 17 heavy (non-hydrogen) atoms. The van der Waals surface area contributed by atoms with E-state index in [0.717, 1.165) is 18.7 Å². The van der Waals surface area contributed by atoms with Gasteiger partial charge in [0.1, 0.15) is 6.10 Å². The molecule has 0 bridgehead atoms. The predicted molar refractivity (Wildman–Crippen MR) is 62.4 cm³/mol. The lowest BCUT2D eigenvalue weighted by Gasteiger charge is -2.18. The highest BCUT2D eigenvalue weighted by Gasteiger charge is 2.25. The summed E-state index contributed by atoms with van der Waals surface area (Å²) < 4.78 is 4.95. The van der Waals surface area contributed by atoms with Gasteiger partial charge < -0.3 is 15.4 Å². The van der Waals surface area contributed by atoms with Crippen molar-refractivity contribution in [3.63, 3.8) is 0 Å². The average molecular weight is 231 g/mol. The summed E-state index contributed by atoms with van der Waals surface area (Å²) in [4.78, 5) is 12.7. The van der Waals surface area contributed by atoms with Crippen LogP contribution in [-0.2, 0) is 4.74 Å². The Labute approximate surface area is 99.4 Å². The van der Waals surface area contributed by atoms with E-state index in [1.54, 1.807) is 6.07 Å². The third-order valence-electron chi connectivity index (χ3n) is 2.77. The van der Waals surface area contributed by atoms with Gasteiger partial charge in [0, 0.05) is 18.7 Å². The zero-order valence-corrected chi connectivity index (χ0v) is 9.30. The van der Waals surface area contributed by atoms with Crippen molar-refractivity contribution in [2.75, 3.05) is 18.0 Å². The summed E-state index contributed by atoms with van der Waals surface area (Å²) in [5, 5.41) is 8.82. The van der Waals surface area contributed by atoms with E-state index in [2.05, 4.69) is 11.0 Å². The number of benzene rings is 1. The molecular formula is C12H13N3O2. The first kappa shape index (κ1) is 11.3. The van der Waals surface area contributed by atoms with Gasteiger partial charge in [-0.15, -0.1) is 0 Å². The van der Waals surface area contributed by atoms with Gasteiger partial charge in [-0.3, -0.25) is 0 Å². The molecule has 0 unspecified atom stereocenters. The van der Waals surface area contributed by atoms with Crippen molar-refractivity contribution in [1.82, 2.24) is 0 Å². The maximum atomic E-state index is 10.6. The molecule has 1 aromatic rings. The number of nitrogens with two attached hydrogens (primary N) is 1. The van der Waals surface area contributed by atoms with Crippen molar-refractivity contribution in [3.05, 3.63) is 29.8 Å². The molecule has 1 aliphatic heterocycles.